The SMILES string of the molecule is CC(=O)O.CC(=O)O.CC(=O)O.[H-].[Li+]. The van der Waals surface area contributed by atoms with E-state index < -0.39 is 17.9 Å². The quantitative estimate of drug-likeness (QED) is 0.359. The predicted molar refractivity (Wildman–Crippen MR) is 41.0 cm³/mol. The van der Waals surface area contributed by atoms with Crippen molar-refractivity contribution in [2.45, 2.75) is 20.8 Å². The van der Waals surface area contributed by atoms with Crippen molar-refractivity contribution in [1.82, 2.24) is 0 Å². The van der Waals surface area contributed by atoms with E-state index in [4.69, 9.17) is 29.7 Å². The standard InChI is InChI=1S/3C2H4O2.Li.H/c3*1-2(3)4;;/h3*1H3,(H,3,4);;/q;;;+1;-1. The molecular weight excluding hydrogens is 175 g/mol. The number of hydrogen-bond acceptors (Lipinski definition) is 3. The van der Waals surface area contributed by atoms with E-state index in [2.05, 4.69) is 0 Å². The smallest absolute Gasteiger partial charge is 1.00 e. The van der Waals surface area contributed by atoms with Gasteiger partial charge in [0.05, 0.1) is 0 Å². The van der Waals surface area contributed by atoms with Crippen LogP contribution < -0.4 is 18.9 Å². The van der Waals surface area contributed by atoms with Crippen LogP contribution in [0.4, 0.5) is 0 Å². The van der Waals surface area contributed by atoms with Gasteiger partial charge in [0, 0.05) is 20.8 Å². The van der Waals surface area contributed by atoms with Crippen LogP contribution in [0.15, 0.2) is 0 Å². The van der Waals surface area contributed by atoms with Crippen LogP contribution >= 0.6 is 0 Å². The molecule has 0 fully saturated rings. The Labute approximate surface area is 89.2 Å². The molecule has 6 nitrogen and oxygen atoms in total. The van der Waals surface area contributed by atoms with E-state index in [0.717, 1.165) is 20.8 Å². The summed E-state index contributed by atoms with van der Waals surface area (Å²) in [6.07, 6.45) is 0. The van der Waals surface area contributed by atoms with Crippen LogP contribution in [-0.4, -0.2) is 33.2 Å². The Morgan fingerprint density at radius 3 is 0.769 bits per heavy atom. The number of carbonyl (C=O) groups is 3. The molecule has 0 saturated carbocycles. The molecule has 0 aromatic heterocycles. The summed E-state index contributed by atoms with van der Waals surface area (Å²) in [5.74, 6) is -2.50. The molecule has 0 bridgehead atoms. The van der Waals surface area contributed by atoms with Crippen LogP contribution in [0, 0.1) is 0 Å². The first-order valence-electron chi connectivity index (χ1n) is 2.78. The number of hydrogen-bond donors (Lipinski definition) is 3. The Morgan fingerprint density at radius 1 is 0.769 bits per heavy atom. The van der Waals surface area contributed by atoms with Gasteiger partial charge in [-0.15, -0.1) is 0 Å². The molecule has 0 amide bonds. The number of carboxylic acids is 3. The fraction of sp³-hybridized carbons (Fsp3) is 0.500. The number of aliphatic carboxylic acids is 3. The zero-order chi connectivity index (χ0) is 10.7. The first-order valence-corrected chi connectivity index (χ1v) is 2.78. The van der Waals surface area contributed by atoms with Crippen molar-refractivity contribution < 1.29 is 50.0 Å². The molecule has 0 aliphatic heterocycles. The second kappa shape index (κ2) is 17.2. The van der Waals surface area contributed by atoms with E-state index in [-0.39, 0.29) is 20.3 Å². The predicted octanol–water partition coefficient (Wildman–Crippen LogP) is -2.61. The molecule has 0 atom stereocenters. The Balaban J connectivity index is -0.0000000270. The summed E-state index contributed by atoms with van der Waals surface area (Å²) in [6.45, 7) is 3.25. The molecule has 74 valence electrons. The van der Waals surface area contributed by atoms with Crippen LogP contribution in [0.3, 0.4) is 0 Å². The molecule has 0 aromatic carbocycles. The third-order valence-electron chi connectivity index (χ3n) is 0. The van der Waals surface area contributed by atoms with E-state index in [1.807, 2.05) is 0 Å². The monoisotopic (exact) mass is 188 g/mol. The van der Waals surface area contributed by atoms with E-state index in [1.165, 1.54) is 0 Å². The Hall–Kier alpha value is -0.993. The molecule has 0 rings (SSSR count). The van der Waals surface area contributed by atoms with Crippen LogP contribution in [0.5, 0.6) is 0 Å². The fourth-order valence-corrected chi connectivity index (χ4v) is 0. The third kappa shape index (κ3) is 906. The molecule has 0 saturated heterocycles. The summed E-state index contributed by atoms with van der Waals surface area (Å²) in [5.41, 5.74) is 0. The van der Waals surface area contributed by atoms with Crippen molar-refractivity contribution in [3.05, 3.63) is 0 Å². The van der Waals surface area contributed by atoms with Gasteiger partial charge in [-0.25, -0.2) is 0 Å². The minimum atomic E-state index is -0.833. The van der Waals surface area contributed by atoms with Gasteiger partial charge in [-0.05, 0) is 0 Å². The Morgan fingerprint density at radius 2 is 0.769 bits per heavy atom. The Bertz CT molecular complexity index is 120. The van der Waals surface area contributed by atoms with Crippen molar-refractivity contribution in [2.24, 2.45) is 0 Å². The molecule has 0 aromatic rings. The molecule has 0 unspecified atom stereocenters. The zero-order valence-corrected chi connectivity index (χ0v) is 8.07. The van der Waals surface area contributed by atoms with Gasteiger partial charge in [0.15, 0.2) is 0 Å². The molecule has 0 spiro atoms. The largest absolute Gasteiger partial charge is 1.00 e. The van der Waals surface area contributed by atoms with Crippen molar-refractivity contribution in [3.63, 3.8) is 0 Å². The van der Waals surface area contributed by atoms with Gasteiger partial charge in [-0.2, -0.15) is 0 Å². The first-order chi connectivity index (χ1) is 5.20. The molecule has 0 heterocycles. The van der Waals surface area contributed by atoms with E-state index >= 15 is 0 Å². The molecule has 13 heavy (non-hydrogen) atoms. The van der Waals surface area contributed by atoms with E-state index in [1.54, 1.807) is 0 Å². The summed E-state index contributed by atoms with van der Waals surface area (Å²) in [7, 11) is 0. The van der Waals surface area contributed by atoms with Crippen molar-refractivity contribution in [1.29, 1.82) is 0 Å². The summed E-state index contributed by atoms with van der Waals surface area (Å²) in [5, 5.41) is 22.2. The normalized spacial score (nSPS) is 5.77. The van der Waals surface area contributed by atoms with Crippen LogP contribution in [0.25, 0.3) is 0 Å². The molecule has 0 radical (unpaired) electrons. The first kappa shape index (κ1) is 22.7. The van der Waals surface area contributed by atoms with Crippen molar-refractivity contribution in [3.8, 4) is 0 Å². The van der Waals surface area contributed by atoms with Crippen LogP contribution in [0.1, 0.15) is 22.2 Å². The molecule has 0 aliphatic carbocycles. The van der Waals surface area contributed by atoms with Gasteiger partial charge in [0.2, 0.25) is 0 Å². The third-order valence-corrected chi connectivity index (χ3v) is 0. The van der Waals surface area contributed by atoms with Crippen LogP contribution in [0.2, 0.25) is 0 Å². The van der Waals surface area contributed by atoms with Crippen LogP contribution in [-0.2, 0) is 14.4 Å². The summed E-state index contributed by atoms with van der Waals surface area (Å²) < 4.78 is 0. The topological polar surface area (TPSA) is 112 Å². The van der Waals surface area contributed by atoms with Gasteiger partial charge in [-0.3, -0.25) is 14.4 Å². The van der Waals surface area contributed by atoms with Gasteiger partial charge in [0.1, 0.15) is 0 Å². The Kier molecular flexibility index (Phi) is 30.0. The molecule has 0 aliphatic rings. The second-order valence-electron chi connectivity index (χ2n) is 1.56. The maximum atomic E-state index is 9.00. The van der Waals surface area contributed by atoms with Gasteiger partial charge < -0.3 is 16.7 Å². The van der Waals surface area contributed by atoms with Gasteiger partial charge in [0.25, 0.3) is 17.9 Å². The zero-order valence-electron chi connectivity index (χ0n) is 9.07. The van der Waals surface area contributed by atoms with Crippen molar-refractivity contribution in [2.75, 3.05) is 0 Å². The summed E-state index contributed by atoms with van der Waals surface area (Å²) >= 11 is 0. The molecule has 7 heteroatoms. The fourth-order valence-electron chi connectivity index (χ4n) is 0. The number of carboxylic acid groups (broad SMARTS) is 3. The average Bonchev–Trinajstić information content (AvgIpc) is 1.54. The molecular formula is C6H13LiO6. The van der Waals surface area contributed by atoms with E-state index in [0.29, 0.717) is 0 Å². The average molecular weight is 188 g/mol. The maximum Gasteiger partial charge on any atom is 1.00 e. The summed E-state index contributed by atoms with van der Waals surface area (Å²) in [4.78, 5) is 27.0. The summed E-state index contributed by atoms with van der Waals surface area (Å²) in [6, 6.07) is 0. The number of rotatable bonds is 0. The van der Waals surface area contributed by atoms with Crippen molar-refractivity contribution >= 4 is 17.9 Å². The minimum Gasteiger partial charge on any atom is -1.00 e. The second-order valence-corrected chi connectivity index (χ2v) is 1.56. The van der Waals surface area contributed by atoms with Gasteiger partial charge >= 0.3 is 18.9 Å². The van der Waals surface area contributed by atoms with Gasteiger partial charge in [-0.1, -0.05) is 0 Å². The maximum absolute atomic E-state index is 9.00. The van der Waals surface area contributed by atoms with E-state index in [9.17, 15) is 0 Å². The molecule has 3 N–H and O–H groups in total. The minimum absolute atomic E-state index is 0.